The maximum absolute atomic E-state index is 10.5. The summed E-state index contributed by atoms with van der Waals surface area (Å²) in [7, 11) is 0. The lowest BCUT2D eigenvalue weighted by Crippen LogP contribution is -1.97. The summed E-state index contributed by atoms with van der Waals surface area (Å²) in [5.74, 6) is 2.58. The number of fused-ring (bicyclic) bond motifs is 4. The van der Waals surface area contributed by atoms with Crippen molar-refractivity contribution in [3.63, 3.8) is 0 Å². The molecule has 0 unspecified atom stereocenters. The number of hydrogen-bond donors (Lipinski definition) is 2. The topological polar surface area (TPSA) is 58.9 Å². The number of aliphatic hydroxyl groups is 2. The van der Waals surface area contributed by atoms with E-state index in [2.05, 4.69) is 170 Å². The molecular formula is C66H46O4. The number of ether oxygens (including phenoxy) is 2. The zero-order valence-electron chi connectivity index (χ0n) is 38.2. The molecule has 0 aliphatic rings. The molecule has 0 spiro atoms. The third-order valence-corrected chi connectivity index (χ3v) is 13.5. The molecule has 0 aliphatic heterocycles. The largest absolute Gasteiger partial charge is 0.457 e. The first-order valence-corrected chi connectivity index (χ1v) is 23.6. The average Bonchev–Trinajstić information content (AvgIpc) is 3.43. The summed E-state index contributed by atoms with van der Waals surface area (Å²) in [6.45, 7) is -0.205. The zero-order valence-corrected chi connectivity index (χ0v) is 38.2. The van der Waals surface area contributed by atoms with Crippen molar-refractivity contribution < 1.29 is 19.7 Å². The van der Waals surface area contributed by atoms with Crippen molar-refractivity contribution in [3.05, 3.63) is 254 Å². The van der Waals surface area contributed by atoms with Crippen molar-refractivity contribution in [1.29, 1.82) is 0 Å². The number of aliphatic hydroxyl groups excluding tert-OH is 2. The van der Waals surface area contributed by atoms with Crippen molar-refractivity contribution >= 4 is 43.1 Å². The molecule has 0 fully saturated rings. The molecule has 0 aromatic heterocycles. The van der Waals surface area contributed by atoms with Crippen LogP contribution in [0.4, 0.5) is 0 Å². The molecular weight excluding hydrogens is 857 g/mol. The van der Waals surface area contributed by atoms with E-state index < -0.39 is 0 Å². The lowest BCUT2D eigenvalue weighted by Gasteiger charge is -2.21. The summed E-state index contributed by atoms with van der Waals surface area (Å²) in [6.07, 6.45) is 0. The van der Waals surface area contributed by atoms with Crippen LogP contribution >= 0.6 is 0 Å². The van der Waals surface area contributed by atoms with E-state index in [4.69, 9.17) is 9.47 Å². The maximum atomic E-state index is 10.5. The predicted molar refractivity (Wildman–Crippen MR) is 289 cm³/mol. The molecule has 12 aromatic rings. The Bertz CT molecular complexity index is 3660. The SMILES string of the molecule is OCc1ccc(Oc2ccc3cc(-c4ccc5ccccc5c4)ccc3c2-c2c(Oc3ccc(CO)c(-c4ccccc4)c3)ccc3cc(-c4ccc5ccccc5c4)ccc23)cc1-c1ccccc1. The first-order chi connectivity index (χ1) is 34.6. The third-order valence-electron chi connectivity index (χ3n) is 13.5. The van der Waals surface area contributed by atoms with Gasteiger partial charge in [-0.05, 0) is 159 Å². The lowest BCUT2D eigenvalue weighted by atomic mass is 9.89. The summed E-state index contributed by atoms with van der Waals surface area (Å²) in [6, 6.07) is 83.9. The van der Waals surface area contributed by atoms with Gasteiger partial charge in [0.2, 0.25) is 0 Å². The first-order valence-electron chi connectivity index (χ1n) is 23.6. The minimum absolute atomic E-state index is 0.103. The fraction of sp³-hybridized carbons (Fsp3) is 0.0303. The van der Waals surface area contributed by atoms with Crippen LogP contribution in [0.3, 0.4) is 0 Å². The van der Waals surface area contributed by atoms with Crippen LogP contribution in [-0.2, 0) is 13.2 Å². The van der Waals surface area contributed by atoms with Crippen LogP contribution in [0.25, 0.3) is 98.7 Å². The van der Waals surface area contributed by atoms with E-state index in [9.17, 15) is 10.2 Å². The molecule has 4 heteroatoms. The molecule has 12 aromatic carbocycles. The highest BCUT2D eigenvalue weighted by atomic mass is 16.5. The highest BCUT2D eigenvalue weighted by molar-refractivity contribution is 6.11. The van der Waals surface area contributed by atoms with Crippen molar-refractivity contribution in [2.24, 2.45) is 0 Å². The molecule has 2 N–H and O–H groups in total. The van der Waals surface area contributed by atoms with Crippen LogP contribution in [0.5, 0.6) is 23.0 Å². The summed E-state index contributed by atoms with van der Waals surface area (Å²) in [4.78, 5) is 0. The highest BCUT2D eigenvalue weighted by Crippen LogP contribution is 2.49. The van der Waals surface area contributed by atoms with Gasteiger partial charge in [0.05, 0.1) is 13.2 Å². The van der Waals surface area contributed by atoms with Crippen LogP contribution in [0, 0.1) is 0 Å². The van der Waals surface area contributed by atoms with E-state index in [1.165, 1.54) is 21.5 Å². The van der Waals surface area contributed by atoms with Crippen LogP contribution in [0.15, 0.2) is 243 Å². The standard InChI is InChI=1S/C66H46O4/c67-41-55-23-29-57(39-61(55)45-13-3-1-4-14-45)69-63-33-27-53-37-51(49-21-19-43-11-7-9-17-47(43)35-49)25-31-59(53)65(63)66-60-32-26-52(50-22-20-44-12-8-10-18-48(44)36-50)38-54(60)28-34-64(66)70-58-30-24-56(42-68)62(40-58)46-15-5-2-6-16-46/h1-40,67-68H,41-42H2. The van der Waals surface area contributed by atoms with E-state index in [0.717, 1.165) is 88.3 Å². The fourth-order valence-corrected chi connectivity index (χ4v) is 9.94. The minimum atomic E-state index is -0.103. The van der Waals surface area contributed by atoms with Gasteiger partial charge in [-0.15, -0.1) is 0 Å². The second kappa shape index (κ2) is 18.4. The Morgan fingerprint density at radius 2 is 0.629 bits per heavy atom. The van der Waals surface area contributed by atoms with Crippen LogP contribution in [0.2, 0.25) is 0 Å². The monoisotopic (exact) mass is 902 g/mol. The maximum Gasteiger partial charge on any atom is 0.136 e. The van der Waals surface area contributed by atoms with Crippen LogP contribution in [-0.4, -0.2) is 10.2 Å². The lowest BCUT2D eigenvalue weighted by molar-refractivity contribution is 0.282. The molecule has 4 nitrogen and oxygen atoms in total. The van der Waals surface area contributed by atoms with Crippen molar-refractivity contribution in [1.82, 2.24) is 0 Å². The van der Waals surface area contributed by atoms with E-state index in [0.29, 0.717) is 23.0 Å². The Labute approximate surface area is 406 Å². The van der Waals surface area contributed by atoms with E-state index in [-0.39, 0.29) is 13.2 Å². The minimum Gasteiger partial charge on any atom is -0.457 e. The van der Waals surface area contributed by atoms with Gasteiger partial charge < -0.3 is 19.7 Å². The summed E-state index contributed by atoms with van der Waals surface area (Å²) < 4.78 is 14.3. The molecule has 0 aliphatic carbocycles. The number of rotatable bonds is 11. The second-order valence-corrected chi connectivity index (χ2v) is 17.8. The van der Waals surface area contributed by atoms with Gasteiger partial charge in [0.25, 0.3) is 0 Å². The third kappa shape index (κ3) is 8.11. The Kier molecular flexibility index (Phi) is 11.2. The predicted octanol–water partition coefficient (Wildman–Crippen LogP) is 17.2. The van der Waals surface area contributed by atoms with Gasteiger partial charge in [-0.2, -0.15) is 0 Å². The van der Waals surface area contributed by atoms with Gasteiger partial charge in [0.15, 0.2) is 0 Å². The second-order valence-electron chi connectivity index (χ2n) is 17.8. The molecule has 0 amide bonds. The van der Waals surface area contributed by atoms with Crippen LogP contribution in [0.1, 0.15) is 11.1 Å². The van der Waals surface area contributed by atoms with Crippen molar-refractivity contribution in [2.45, 2.75) is 13.2 Å². The van der Waals surface area contributed by atoms with Gasteiger partial charge in [-0.25, -0.2) is 0 Å². The molecule has 0 heterocycles. The van der Waals surface area contributed by atoms with E-state index >= 15 is 0 Å². The Hall–Kier alpha value is -8.80. The van der Waals surface area contributed by atoms with Gasteiger partial charge in [-0.3, -0.25) is 0 Å². The Balaban J connectivity index is 1.08. The molecule has 334 valence electrons. The van der Waals surface area contributed by atoms with Crippen molar-refractivity contribution in [3.8, 4) is 78.6 Å². The van der Waals surface area contributed by atoms with Crippen LogP contribution < -0.4 is 9.47 Å². The highest BCUT2D eigenvalue weighted by Gasteiger charge is 2.22. The zero-order chi connectivity index (χ0) is 47.0. The van der Waals surface area contributed by atoms with Crippen molar-refractivity contribution in [2.75, 3.05) is 0 Å². The molecule has 0 bridgehead atoms. The quantitative estimate of drug-likeness (QED) is 0.136. The molecule has 0 saturated carbocycles. The number of hydrogen-bond acceptors (Lipinski definition) is 4. The normalized spacial score (nSPS) is 11.4. The summed E-state index contributed by atoms with van der Waals surface area (Å²) in [5.41, 5.74) is 11.7. The molecule has 0 atom stereocenters. The van der Waals surface area contributed by atoms with E-state index in [1.807, 2.05) is 72.8 Å². The molecule has 70 heavy (non-hydrogen) atoms. The molecule has 0 radical (unpaired) electrons. The molecule has 0 saturated heterocycles. The Morgan fingerprint density at radius 3 is 1.04 bits per heavy atom. The molecule has 12 rings (SSSR count). The van der Waals surface area contributed by atoms with E-state index in [1.54, 1.807) is 0 Å². The Morgan fingerprint density at radius 1 is 0.271 bits per heavy atom. The summed E-state index contributed by atoms with van der Waals surface area (Å²) >= 11 is 0. The van der Waals surface area contributed by atoms with Gasteiger partial charge in [-0.1, -0.05) is 182 Å². The summed E-state index contributed by atoms with van der Waals surface area (Å²) in [5, 5.41) is 29.8. The van der Waals surface area contributed by atoms with Gasteiger partial charge in [0.1, 0.15) is 23.0 Å². The smallest absolute Gasteiger partial charge is 0.136 e. The average molecular weight is 903 g/mol. The first kappa shape index (κ1) is 42.5. The van der Waals surface area contributed by atoms with Gasteiger partial charge in [0, 0.05) is 11.1 Å². The van der Waals surface area contributed by atoms with Gasteiger partial charge >= 0.3 is 0 Å². The number of benzene rings is 12. The fourth-order valence-electron chi connectivity index (χ4n) is 9.94.